The van der Waals surface area contributed by atoms with Gasteiger partial charge in [-0.3, -0.25) is 15.5 Å². The minimum atomic E-state index is -0.228. The van der Waals surface area contributed by atoms with Crippen molar-refractivity contribution in [2.24, 2.45) is 5.92 Å². The van der Waals surface area contributed by atoms with Gasteiger partial charge in [-0.15, -0.1) is 0 Å². The highest BCUT2D eigenvalue weighted by atomic mass is 16.5. The first-order valence-electron chi connectivity index (χ1n) is 10.1. The summed E-state index contributed by atoms with van der Waals surface area (Å²) in [6.07, 6.45) is 1.84. The topological polar surface area (TPSA) is 83.7 Å². The number of carbonyl (C=O) groups is 1. The molecule has 3 aromatic rings. The third kappa shape index (κ3) is 5.02. The van der Waals surface area contributed by atoms with Crippen molar-refractivity contribution < 1.29 is 19.2 Å². The maximum Gasteiger partial charge on any atom is 0.287 e. The predicted octanol–water partition coefficient (Wildman–Crippen LogP) is 4.78. The van der Waals surface area contributed by atoms with Gasteiger partial charge in [0.2, 0.25) is 0 Å². The summed E-state index contributed by atoms with van der Waals surface area (Å²) in [5.41, 5.74) is 4.89. The number of rotatable bonds is 10. The number of fused-ring (bicyclic) bond motifs is 1. The number of hydrogen-bond donors (Lipinski definition) is 3. The first-order chi connectivity index (χ1) is 14.5. The molecule has 2 aromatic carbocycles. The maximum absolute atomic E-state index is 12.8. The summed E-state index contributed by atoms with van der Waals surface area (Å²) in [6, 6.07) is 14.9. The van der Waals surface area contributed by atoms with Crippen molar-refractivity contribution >= 4 is 22.6 Å². The molecule has 30 heavy (non-hydrogen) atoms. The molecule has 1 aromatic heterocycles. The fourth-order valence-electron chi connectivity index (χ4n) is 3.21. The molecule has 1 unspecified atom stereocenters. The lowest BCUT2D eigenvalue weighted by Crippen LogP contribution is -2.28. The van der Waals surface area contributed by atoms with Crippen LogP contribution in [-0.2, 0) is 6.42 Å². The van der Waals surface area contributed by atoms with E-state index in [4.69, 9.17) is 14.4 Å². The Hall–Kier alpha value is -3.25. The molecule has 0 bridgehead atoms. The maximum atomic E-state index is 12.8. The summed E-state index contributed by atoms with van der Waals surface area (Å²) >= 11 is 0. The standard InChI is InChI=1S/C24H28N2O4/c1-4-16(2)15-21-20-7-5-6-8-22(20)30-23(21)24(27)25-13-14-29-19-11-9-18(10-12-19)17(3)26-28/h5-12,16,26,28H,3-4,13-15H2,1-2H3,(H,25,27). The quantitative estimate of drug-likeness (QED) is 0.332. The number of amides is 1. The lowest BCUT2D eigenvalue weighted by Gasteiger charge is -2.10. The molecule has 6 heteroatoms. The SMILES string of the molecule is C=C(NO)c1ccc(OCCNC(=O)c2oc3ccccc3c2CC(C)CC)cc1. The lowest BCUT2D eigenvalue weighted by atomic mass is 9.96. The Balaban J connectivity index is 1.60. The zero-order valence-electron chi connectivity index (χ0n) is 17.4. The Morgan fingerprint density at radius 1 is 1.20 bits per heavy atom. The van der Waals surface area contributed by atoms with Gasteiger partial charge in [-0.1, -0.05) is 45.0 Å². The van der Waals surface area contributed by atoms with Crippen molar-refractivity contribution in [2.45, 2.75) is 26.7 Å². The zero-order chi connectivity index (χ0) is 21.5. The minimum Gasteiger partial charge on any atom is -0.492 e. The summed E-state index contributed by atoms with van der Waals surface area (Å²) in [4.78, 5) is 12.8. The number of hydroxylamine groups is 1. The average molecular weight is 408 g/mol. The fraction of sp³-hybridized carbons (Fsp3) is 0.292. The molecule has 0 aliphatic rings. The van der Waals surface area contributed by atoms with Crippen LogP contribution in [0, 0.1) is 5.92 Å². The Labute approximate surface area is 176 Å². The van der Waals surface area contributed by atoms with Gasteiger partial charge in [-0.25, -0.2) is 0 Å². The normalized spacial score (nSPS) is 11.8. The summed E-state index contributed by atoms with van der Waals surface area (Å²) in [5, 5.41) is 12.8. The van der Waals surface area contributed by atoms with Gasteiger partial charge >= 0.3 is 0 Å². The minimum absolute atomic E-state index is 0.228. The van der Waals surface area contributed by atoms with Crippen LogP contribution < -0.4 is 15.5 Å². The van der Waals surface area contributed by atoms with Crippen molar-refractivity contribution in [1.82, 2.24) is 10.8 Å². The number of furan rings is 1. The van der Waals surface area contributed by atoms with E-state index in [9.17, 15) is 4.79 Å². The highest BCUT2D eigenvalue weighted by Crippen LogP contribution is 2.28. The summed E-state index contributed by atoms with van der Waals surface area (Å²) in [5.74, 6) is 1.28. The van der Waals surface area contributed by atoms with Crippen molar-refractivity contribution in [3.8, 4) is 5.75 Å². The monoisotopic (exact) mass is 408 g/mol. The van der Waals surface area contributed by atoms with Crippen LogP contribution in [0.5, 0.6) is 5.75 Å². The van der Waals surface area contributed by atoms with Gasteiger partial charge in [0, 0.05) is 10.9 Å². The highest BCUT2D eigenvalue weighted by Gasteiger charge is 2.21. The molecule has 158 valence electrons. The van der Waals surface area contributed by atoms with Crippen LogP contribution in [0.2, 0.25) is 0 Å². The van der Waals surface area contributed by atoms with E-state index in [0.29, 0.717) is 36.3 Å². The Morgan fingerprint density at radius 2 is 1.93 bits per heavy atom. The van der Waals surface area contributed by atoms with Gasteiger partial charge in [0.25, 0.3) is 5.91 Å². The summed E-state index contributed by atoms with van der Waals surface area (Å²) < 4.78 is 11.6. The number of benzene rings is 2. The molecule has 3 rings (SSSR count). The molecule has 0 saturated carbocycles. The van der Waals surface area contributed by atoms with E-state index in [1.807, 2.05) is 29.7 Å². The number of para-hydroxylation sites is 1. The number of carbonyl (C=O) groups excluding carboxylic acids is 1. The van der Waals surface area contributed by atoms with E-state index in [1.54, 1.807) is 24.3 Å². The van der Waals surface area contributed by atoms with Crippen LogP contribution in [0.25, 0.3) is 16.7 Å². The third-order valence-corrected chi connectivity index (χ3v) is 5.15. The third-order valence-electron chi connectivity index (χ3n) is 5.15. The van der Waals surface area contributed by atoms with E-state index < -0.39 is 0 Å². The van der Waals surface area contributed by atoms with E-state index in [1.165, 1.54) is 0 Å². The Kier molecular flexibility index (Phi) is 7.14. The summed E-state index contributed by atoms with van der Waals surface area (Å²) in [6.45, 7) is 8.68. The van der Waals surface area contributed by atoms with Gasteiger partial charge in [-0.05, 0) is 48.2 Å². The van der Waals surface area contributed by atoms with Crippen molar-refractivity contribution in [3.05, 3.63) is 72.0 Å². The van der Waals surface area contributed by atoms with Crippen LogP contribution in [0.4, 0.5) is 0 Å². The number of ether oxygens (including phenoxy) is 1. The zero-order valence-corrected chi connectivity index (χ0v) is 17.4. The van der Waals surface area contributed by atoms with E-state index in [-0.39, 0.29) is 5.91 Å². The van der Waals surface area contributed by atoms with Crippen molar-refractivity contribution in [1.29, 1.82) is 0 Å². The van der Waals surface area contributed by atoms with Gasteiger partial charge in [-0.2, -0.15) is 0 Å². The van der Waals surface area contributed by atoms with Crippen LogP contribution in [0.3, 0.4) is 0 Å². The predicted molar refractivity (Wildman–Crippen MR) is 118 cm³/mol. The van der Waals surface area contributed by atoms with E-state index in [2.05, 4.69) is 25.7 Å². The van der Waals surface area contributed by atoms with Gasteiger partial charge < -0.3 is 14.5 Å². The van der Waals surface area contributed by atoms with Crippen LogP contribution in [0.1, 0.15) is 41.9 Å². The number of hydrogen-bond acceptors (Lipinski definition) is 5. The molecule has 0 aliphatic heterocycles. The molecule has 0 saturated heterocycles. The number of nitrogens with one attached hydrogen (secondary N) is 2. The molecule has 1 heterocycles. The first-order valence-corrected chi connectivity index (χ1v) is 10.1. The Morgan fingerprint density at radius 3 is 2.63 bits per heavy atom. The van der Waals surface area contributed by atoms with E-state index in [0.717, 1.165) is 34.9 Å². The molecule has 1 amide bonds. The molecular formula is C24H28N2O4. The highest BCUT2D eigenvalue weighted by molar-refractivity contribution is 5.99. The fourth-order valence-corrected chi connectivity index (χ4v) is 3.21. The summed E-state index contributed by atoms with van der Waals surface area (Å²) in [7, 11) is 0. The molecule has 6 nitrogen and oxygen atoms in total. The van der Waals surface area contributed by atoms with Crippen LogP contribution >= 0.6 is 0 Å². The smallest absolute Gasteiger partial charge is 0.287 e. The van der Waals surface area contributed by atoms with Crippen LogP contribution in [-0.4, -0.2) is 24.3 Å². The first kappa shape index (κ1) is 21.5. The average Bonchev–Trinajstić information content (AvgIpc) is 3.14. The van der Waals surface area contributed by atoms with Crippen molar-refractivity contribution in [2.75, 3.05) is 13.2 Å². The van der Waals surface area contributed by atoms with Gasteiger partial charge in [0.1, 0.15) is 17.9 Å². The molecule has 3 N–H and O–H groups in total. The van der Waals surface area contributed by atoms with E-state index >= 15 is 0 Å². The molecule has 0 fully saturated rings. The second kappa shape index (κ2) is 9.98. The second-order valence-corrected chi connectivity index (χ2v) is 7.34. The molecule has 0 radical (unpaired) electrons. The van der Waals surface area contributed by atoms with Gasteiger partial charge in [0.05, 0.1) is 12.2 Å². The molecular weight excluding hydrogens is 380 g/mol. The lowest BCUT2D eigenvalue weighted by molar-refractivity contribution is 0.0920. The molecule has 0 spiro atoms. The Bertz CT molecular complexity index is 1010. The molecule has 1 atom stereocenters. The van der Waals surface area contributed by atoms with Gasteiger partial charge in [0.15, 0.2) is 5.76 Å². The van der Waals surface area contributed by atoms with Crippen molar-refractivity contribution in [3.63, 3.8) is 0 Å². The second-order valence-electron chi connectivity index (χ2n) is 7.34. The molecule has 0 aliphatic carbocycles. The van der Waals surface area contributed by atoms with Crippen LogP contribution in [0.15, 0.2) is 59.5 Å². The largest absolute Gasteiger partial charge is 0.492 e.